The van der Waals surface area contributed by atoms with Crippen molar-refractivity contribution in [3.63, 3.8) is 0 Å². The molecule has 0 unspecified atom stereocenters. The highest BCUT2D eigenvalue weighted by molar-refractivity contribution is 7.33. The number of hydrogen-bond acceptors (Lipinski definition) is 3. The molecular weight excluding hydrogens is 435 g/mol. The van der Waals surface area contributed by atoms with Gasteiger partial charge >= 0.3 is 0 Å². The zero-order chi connectivity index (χ0) is 23.6. The topological polar surface area (TPSA) is 18.5 Å². The predicted molar refractivity (Wildman–Crippen MR) is 144 cm³/mol. The van der Waals surface area contributed by atoms with Gasteiger partial charge in [-0.2, -0.15) is 0 Å². The Hall–Kier alpha value is -2.72. The smallest absolute Gasteiger partial charge is 0.273 e. The van der Waals surface area contributed by atoms with Gasteiger partial charge in [-0.15, -0.1) is 11.3 Å². The average Bonchev–Trinajstić information content (AvgIpc) is 3.13. The molecular formula is C30H29BO2S. The molecule has 4 aromatic rings. The molecule has 0 amide bonds. The van der Waals surface area contributed by atoms with Crippen LogP contribution in [0.5, 0.6) is 23.0 Å². The monoisotopic (exact) mass is 464 g/mol. The van der Waals surface area contributed by atoms with E-state index in [0.29, 0.717) is 0 Å². The van der Waals surface area contributed by atoms with Crippen molar-refractivity contribution in [1.82, 2.24) is 0 Å². The van der Waals surface area contributed by atoms with Crippen molar-refractivity contribution < 1.29 is 9.47 Å². The van der Waals surface area contributed by atoms with E-state index in [1.54, 1.807) is 0 Å². The summed E-state index contributed by atoms with van der Waals surface area (Å²) in [5, 5.41) is 1.22. The number of thiophene rings is 1. The van der Waals surface area contributed by atoms with Crippen molar-refractivity contribution in [3.05, 3.63) is 64.7 Å². The van der Waals surface area contributed by atoms with Gasteiger partial charge in [-0.05, 0) is 90.0 Å². The van der Waals surface area contributed by atoms with Crippen LogP contribution in [0.2, 0.25) is 0 Å². The van der Waals surface area contributed by atoms with Crippen LogP contribution in [0.3, 0.4) is 0 Å². The van der Waals surface area contributed by atoms with Crippen molar-refractivity contribution in [2.45, 2.75) is 65.2 Å². The lowest BCUT2D eigenvalue weighted by atomic mass is 9.37. The number of ether oxygens (including phenoxy) is 2. The van der Waals surface area contributed by atoms with Gasteiger partial charge in [0.1, 0.15) is 23.0 Å². The number of aryl methyl sites for hydroxylation is 2. The van der Waals surface area contributed by atoms with Gasteiger partial charge in [0.15, 0.2) is 0 Å². The molecule has 3 aliphatic rings. The zero-order valence-corrected chi connectivity index (χ0v) is 21.6. The largest absolute Gasteiger partial charge is 0.458 e. The lowest BCUT2D eigenvalue weighted by molar-refractivity contribution is 0.330. The van der Waals surface area contributed by atoms with E-state index in [2.05, 4.69) is 84.0 Å². The second-order valence-corrected chi connectivity index (χ2v) is 12.9. The first kappa shape index (κ1) is 20.6. The molecule has 0 bridgehead atoms. The molecule has 7 rings (SSSR count). The Balaban J connectivity index is 1.56. The molecule has 170 valence electrons. The van der Waals surface area contributed by atoms with Crippen molar-refractivity contribution in [1.29, 1.82) is 0 Å². The molecule has 1 aliphatic carbocycles. The Morgan fingerprint density at radius 1 is 0.765 bits per heavy atom. The lowest BCUT2D eigenvalue weighted by Gasteiger charge is -2.43. The molecule has 0 saturated carbocycles. The molecule has 0 saturated heterocycles. The molecule has 0 radical (unpaired) electrons. The molecule has 34 heavy (non-hydrogen) atoms. The maximum atomic E-state index is 6.67. The summed E-state index contributed by atoms with van der Waals surface area (Å²) < 4.78 is 15.9. The van der Waals surface area contributed by atoms with E-state index in [0.717, 1.165) is 28.6 Å². The molecule has 0 atom stereocenters. The van der Waals surface area contributed by atoms with E-state index in [1.807, 2.05) is 11.3 Å². The van der Waals surface area contributed by atoms with Crippen LogP contribution in [-0.2, 0) is 10.8 Å². The minimum absolute atomic E-state index is 0.141. The van der Waals surface area contributed by atoms with Gasteiger partial charge in [0.2, 0.25) is 0 Å². The average molecular weight is 464 g/mol. The normalized spacial score (nSPS) is 18.4. The fourth-order valence-corrected chi connectivity index (χ4v) is 7.51. The van der Waals surface area contributed by atoms with E-state index >= 15 is 0 Å². The van der Waals surface area contributed by atoms with E-state index in [1.165, 1.54) is 55.3 Å². The Morgan fingerprint density at radius 2 is 1.44 bits per heavy atom. The summed E-state index contributed by atoms with van der Waals surface area (Å²) in [4.78, 5) is 0. The number of rotatable bonds is 0. The van der Waals surface area contributed by atoms with Crippen LogP contribution in [-0.4, -0.2) is 6.71 Å². The van der Waals surface area contributed by atoms with Gasteiger partial charge < -0.3 is 9.47 Å². The number of fused-ring (bicyclic) bond motifs is 7. The third-order valence-corrected chi connectivity index (χ3v) is 9.57. The van der Waals surface area contributed by atoms with Crippen LogP contribution in [0.1, 0.15) is 62.8 Å². The maximum Gasteiger partial charge on any atom is 0.273 e. The first-order valence-corrected chi connectivity index (χ1v) is 13.2. The Bertz CT molecular complexity index is 1540. The van der Waals surface area contributed by atoms with Crippen LogP contribution in [0.15, 0.2) is 42.5 Å². The SMILES string of the molecule is Cc1cc2c3c(c1)Oc1c(sc4ccc(C)cc14)B3c1cc3c(cc1O2)C(C)(C)CCC3(C)C. The third-order valence-electron chi connectivity index (χ3n) is 8.35. The summed E-state index contributed by atoms with van der Waals surface area (Å²) in [5.74, 6) is 3.93. The quantitative estimate of drug-likeness (QED) is 0.236. The van der Waals surface area contributed by atoms with Crippen LogP contribution in [0.4, 0.5) is 0 Å². The summed E-state index contributed by atoms with van der Waals surface area (Å²) in [6.45, 7) is 14.0. The summed E-state index contributed by atoms with van der Waals surface area (Å²) in [6.07, 6.45) is 2.40. The number of benzene rings is 3. The second kappa shape index (κ2) is 6.49. The van der Waals surface area contributed by atoms with Crippen molar-refractivity contribution in [3.8, 4) is 23.0 Å². The van der Waals surface area contributed by atoms with Crippen LogP contribution >= 0.6 is 11.3 Å². The van der Waals surface area contributed by atoms with Gasteiger partial charge in [-0.1, -0.05) is 45.4 Å². The fraction of sp³-hybridized carbons (Fsp3) is 0.333. The van der Waals surface area contributed by atoms with Gasteiger partial charge in [0.25, 0.3) is 6.71 Å². The van der Waals surface area contributed by atoms with E-state index in [4.69, 9.17) is 9.47 Å². The first-order chi connectivity index (χ1) is 16.1. The highest BCUT2D eigenvalue weighted by atomic mass is 32.1. The molecule has 4 heteroatoms. The Labute approximate surface area is 206 Å². The van der Waals surface area contributed by atoms with Crippen molar-refractivity contribution >= 4 is 43.8 Å². The highest BCUT2D eigenvalue weighted by Crippen LogP contribution is 2.48. The first-order valence-electron chi connectivity index (χ1n) is 12.3. The van der Waals surface area contributed by atoms with Gasteiger partial charge in [-0.3, -0.25) is 0 Å². The maximum absolute atomic E-state index is 6.67. The van der Waals surface area contributed by atoms with Crippen LogP contribution in [0, 0.1) is 13.8 Å². The molecule has 0 fully saturated rings. The lowest BCUT2D eigenvalue weighted by Crippen LogP contribution is -2.57. The minimum atomic E-state index is 0.141. The molecule has 1 aromatic heterocycles. The number of hydrogen-bond donors (Lipinski definition) is 0. The highest BCUT2D eigenvalue weighted by Gasteiger charge is 2.45. The molecule has 2 nitrogen and oxygen atoms in total. The second-order valence-electron chi connectivity index (χ2n) is 11.8. The van der Waals surface area contributed by atoms with Crippen molar-refractivity contribution in [2.24, 2.45) is 0 Å². The van der Waals surface area contributed by atoms with Gasteiger partial charge in [0.05, 0.1) is 0 Å². The molecule has 0 spiro atoms. The van der Waals surface area contributed by atoms with Gasteiger partial charge in [0, 0.05) is 20.3 Å². The molecule has 3 heterocycles. The van der Waals surface area contributed by atoms with Crippen molar-refractivity contribution in [2.75, 3.05) is 0 Å². The van der Waals surface area contributed by atoms with E-state index in [-0.39, 0.29) is 17.5 Å². The summed E-state index contributed by atoms with van der Waals surface area (Å²) in [5.41, 5.74) is 8.12. The van der Waals surface area contributed by atoms with Crippen LogP contribution < -0.4 is 25.2 Å². The van der Waals surface area contributed by atoms with Crippen LogP contribution in [0.25, 0.3) is 10.1 Å². The Morgan fingerprint density at radius 3 is 2.18 bits per heavy atom. The molecule has 2 aliphatic heterocycles. The zero-order valence-electron chi connectivity index (χ0n) is 20.8. The molecule has 3 aromatic carbocycles. The van der Waals surface area contributed by atoms with E-state index < -0.39 is 0 Å². The summed E-state index contributed by atoms with van der Waals surface area (Å²) in [7, 11) is 0. The molecule has 0 N–H and O–H groups in total. The summed E-state index contributed by atoms with van der Waals surface area (Å²) >= 11 is 1.87. The van der Waals surface area contributed by atoms with Gasteiger partial charge in [-0.25, -0.2) is 0 Å². The third kappa shape index (κ3) is 2.69. The standard InChI is InChI=1S/C30H29BO2S/c1-16-7-8-25-18(11-16)27-28(34-25)31-21-14-19-20(30(5,6)10-9-29(19,3)4)15-22(21)32-23-12-17(2)13-24(33-27)26(23)31/h7-8,11-15H,9-10H2,1-6H3. The Kier molecular flexibility index (Phi) is 3.94. The van der Waals surface area contributed by atoms with E-state index in [9.17, 15) is 0 Å². The minimum Gasteiger partial charge on any atom is -0.458 e. The summed E-state index contributed by atoms with van der Waals surface area (Å²) in [6, 6.07) is 15.9. The fourth-order valence-electron chi connectivity index (χ4n) is 6.27. The predicted octanol–water partition coefficient (Wildman–Crippen LogP) is 6.59.